The van der Waals surface area contributed by atoms with E-state index in [-0.39, 0.29) is 17.9 Å². The highest BCUT2D eigenvalue weighted by Gasteiger charge is 2.14. The van der Waals surface area contributed by atoms with Gasteiger partial charge in [-0.1, -0.05) is 41.1 Å². The quantitative estimate of drug-likeness (QED) is 0.653. The van der Waals surface area contributed by atoms with Crippen molar-refractivity contribution in [3.63, 3.8) is 0 Å². The molecule has 3 rings (SSSR count). The lowest BCUT2D eigenvalue weighted by Crippen LogP contribution is -2.28. The molecule has 0 aliphatic carbocycles. The second-order valence-electron chi connectivity index (χ2n) is 5.90. The molecule has 2 N–H and O–H groups in total. The lowest BCUT2D eigenvalue weighted by Gasteiger charge is -2.08. The van der Waals surface area contributed by atoms with Gasteiger partial charge in [0.05, 0.1) is 5.69 Å². The summed E-state index contributed by atoms with van der Waals surface area (Å²) in [6, 6.07) is 15.5. The van der Waals surface area contributed by atoms with Crippen LogP contribution in [0.4, 0.5) is 10.1 Å². The molecule has 0 saturated heterocycles. The van der Waals surface area contributed by atoms with Gasteiger partial charge in [0.25, 0.3) is 5.91 Å². The highest BCUT2D eigenvalue weighted by molar-refractivity contribution is 5.92. The zero-order valence-electron chi connectivity index (χ0n) is 14.6. The Labute approximate surface area is 155 Å². The average molecular weight is 364 g/mol. The number of benzene rings is 2. The van der Waals surface area contributed by atoms with E-state index in [1.54, 1.807) is 12.1 Å². The summed E-state index contributed by atoms with van der Waals surface area (Å²) in [5, 5.41) is 18.5. The number of halogens is 1. The first-order chi connectivity index (χ1) is 13.1. The number of anilines is 1. The smallest absolute Gasteiger partial charge is 0.289 e. The Morgan fingerprint density at radius 3 is 2.74 bits per heavy atom. The minimum Gasteiger partial charge on any atom is -0.382 e. The van der Waals surface area contributed by atoms with Crippen molar-refractivity contribution in [3.05, 3.63) is 71.2 Å². The SMILES string of the molecule is Cc1ccc(-c2cc(C(=O)NCCNc3cccc(F)c3C#N)on2)cc1. The van der Waals surface area contributed by atoms with Gasteiger partial charge in [0.15, 0.2) is 0 Å². The van der Waals surface area contributed by atoms with Gasteiger partial charge in [-0.05, 0) is 19.1 Å². The molecule has 0 aliphatic rings. The van der Waals surface area contributed by atoms with Gasteiger partial charge >= 0.3 is 0 Å². The number of amides is 1. The van der Waals surface area contributed by atoms with Gasteiger partial charge in [0, 0.05) is 24.7 Å². The molecule has 0 unspecified atom stereocenters. The monoisotopic (exact) mass is 364 g/mol. The Kier molecular flexibility index (Phi) is 5.47. The van der Waals surface area contributed by atoms with Gasteiger partial charge in [-0.2, -0.15) is 5.26 Å². The normalized spacial score (nSPS) is 10.3. The molecule has 0 bridgehead atoms. The van der Waals surface area contributed by atoms with Crippen molar-refractivity contribution in [3.8, 4) is 17.3 Å². The molecular formula is C20H17FN4O2. The molecule has 3 aromatic rings. The van der Waals surface area contributed by atoms with Gasteiger partial charge in [0.2, 0.25) is 5.76 Å². The number of aromatic nitrogens is 1. The Morgan fingerprint density at radius 2 is 2.00 bits per heavy atom. The first-order valence-corrected chi connectivity index (χ1v) is 8.33. The van der Waals surface area contributed by atoms with Crippen LogP contribution >= 0.6 is 0 Å². The number of hydrogen-bond donors (Lipinski definition) is 2. The number of nitriles is 1. The Balaban J connectivity index is 1.54. The van der Waals surface area contributed by atoms with Crippen LogP contribution in [-0.4, -0.2) is 24.2 Å². The van der Waals surface area contributed by atoms with Gasteiger partial charge in [0.1, 0.15) is 23.1 Å². The number of hydrogen-bond acceptors (Lipinski definition) is 5. The first-order valence-electron chi connectivity index (χ1n) is 8.33. The summed E-state index contributed by atoms with van der Waals surface area (Å²) in [6.45, 7) is 2.58. The van der Waals surface area contributed by atoms with Crippen LogP contribution in [0, 0.1) is 24.1 Å². The molecule has 2 aromatic carbocycles. The largest absolute Gasteiger partial charge is 0.382 e. The van der Waals surface area contributed by atoms with Crippen LogP contribution in [0.3, 0.4) is 0 Å². The van der Waals surface area contributed by atoms with Crippen LogP contribution in [0.15, 0.2) is 53.1 Å². The molecular weight excluding hydrogens is 347 g/mol. The standard InChI is InChI=1S/C20H17FN4O2/c1-13-5-7-14(8-6-13)18-11-19(27-25-18)20(26)24-10-9-23-17-4-2-3-16(21)15(17)12-22/h2-8,11,23H,9-10H2,1H3,(H,24,26). The third-order valence-corrected chi connectivity index (χ3v) is 3.93. The number of carbonyl (C=O) groups excluding carboxylic acids is 1. The van der Waals surface area contributed by atoms with Crippen molar-refractivity contribution in [2.75, 3.05) is 18.4 Å². The molecule has 0 fully saturated rings. The topological polar surface area (TPSA) is 91.0 Å². The molecule has 0 saturated carbocycles. The lowest BCUT2D eigenvalue weighted by molar-refractivity contribution is 0.0918. The van der Waals surface area contributed by atoms with Crippen molar-refractivity contribution in [1.29, 1.82) is 5.26 Å². The fourth-order valence-electron chi connectivity index (χ4n) is 2.49. The van der Waals surface area contributed by atoms with E-state index in [0.717, 1.165) is 11.1 Å². The van der Waals surface area contributed by atoms with Crippen molar-refractivity contribution < 1.29 is 13.7 Å². The number of nitrogens with one attached hydrogen (secondary N) is 2. The summed E-state index contributed by atoms with van der Waals surface area (Å²) in [5.41, 5.74) is 2.90. The van der Waals surface area contributed by atoms with Crippen molar-refractivity contribution >= 4 is 11.6 Å². The number of rotatable bonds is 6. The van der Waals surface area contributed by atoms with Crippen LogP contribution in [-0.2, 0) is 0 Å². The van der Waals surface area contributed by atoms with Crippen LogP contribution in [0.25, 0.3) is 11.3 Å². The van der Waals surface area contributed by atoms with Gasteiger partial charge < -0.3 is 15.2 Å². The summed E-state index contributed by atoms with van der Waals surface area (Å²) in [6.07, 6.45) is 0. The number of aryl methyl sites for hydroxylation is 1. The third-order valence-electron chi connectivity index (χ3n) is 3.93. The number of nitrogens with zero attached hydrogens (tertiary/aromatic N) is 2. The van der Waals surface area contributed by atoms with E-state index >= 15 is 0 Å². The van der Waals surface area contributed by atoms with E-state index < -0.39 is 11.7 Å². The molecule has 0 spiro atoms. The molecule has 1 aromatic heterocycles. The second kappa shape index (κ2) is 8.15. The molecule has 0 atom stereocenters. The minimum absolute atomic E-state index is 0.0539. The van der Waals surface area contributed by atoms with Crippen LogP contribution in [0.5, 0.6) is 0 Å². The minimum atomic E-state index is -0.586. The van der Waals surface area contributed by atoms with Crippen LogP contribution in [0.1, 0.15) is 21.7 Å². The van der Waals surface area contributed by atoms with E-state index in [0.29, 0.717) is 17.9 Å². The maximum absolute atomic E-state index is 13.5. The predicted octanol–water partition coefficient (Wildman–Crippen LogP) is 3.50. The first kappa shape index (κ1) is 18.1. The Hall–Kier alpha value is -3.66. The summed E-state index contributed by atoms with van der Waals surface area (Å²) in [7, 11) is 0. The highest BCUT2D eigenvalue weighted by Crippen LogP contribution is 2.20. The van der Waals surface area contributed by atoms with E-state index in [2.05, 4.69) is 15.8 Å². The zero-order chi connectivity index (χ0) is 19.2. The molecule has 1 heterocycles. The van der Waals surface area contributed by atoms with Crippen LogP contribution in [0.2, 0.25) is 0 Å². The maximum Gasteiger partial charge on any atom is 0.289 e. The third kappa shape index (κ3) is 4.30. The average Bonchev–Trinajstić information content (AvgIpc) is 3.16. The van der Waals surface area contributed by atoms with E-state index in [1.165, 1.54) is 12.1 Å². The maximum atomic E-state index is 13.5. The predicted molar refractivity (Wildman–Crippen MR) is 98.6 cm³/mol. The zero-order valence-corrected chi connectivity index (χ0v) is 14.6. The second-order valence-corrected chi connectivity index (χ2v) is 5.90. The fourth-order valence-corrected chi connectivity index (χ4v) is 2.49. The van der Waals surface area contributed by atoms with Crippen molar-refractivity contribution in [2.24, 2.45) is 0 Å². The summed E-state index contributed by atoms with van der Waals surface area (Å²) >= 11 is 0. The molecule has 1 amide bonds. The van der Waals surface area contributed by atoms with Gasteiger partial charge in [-0.15, -0.1) is 0 Å². The van der Waals surface area contributed by atoms with Crippen molar-refractivity contribution in [2.45, 2.75) is 6.92 Å². The highest BCUT2D eigenvalue weighted by atomic mass is 19.1. The van der Waals surface area contributed by atoms with E-state index in [4.69, 9.17) is 9.78 Å². The lowest BCUT2D eigenvalue weighted by atomic mass is 10.1. The fraction of sp³-hybridized carbons (Fsp3) is 0.150. The summed E-state index contributed by atoms with van der Waals surface area (Å²) in [4.78, 5) is 12.1. The molecule has 0 aliphatic heterocycles. The summed E-state index contributed by atoms with van der Waals surface area (Å²) < 4.78 is 18.6. The van der Waals surface area contributed by atoms with E-state index in [1.807, 2.05) is 37.3 Å². The van der Waals surface area contributed by atoms with Crippen LogP contribution < -0.4 is 10.6 Å². The molecule has 136 valence electrons. The number of carbonyl (C=O) groups is 1. The van der Waals surface area contributed by atoms with Gasteiger partial charge in [-0.25, -0.2) is 4.39 Å². The van der Waals surface area contributed by atoms with Gasteiger partial charge in [-0.3, -0.25) is 4.79 Å². The molecule has 7 heteroatoms. The Bertz CT molecular complexity index is 990. The molecule has 0 radical (unpaired) electrons. The molecule has 27 heavy (non-hydrogen) atoms. The van der Waals surface area contributed by atoms with Crippen molar-refractivity contribution in [1.82, 2.24) is 10.5 Å². The summed E-state index contributed by atoms with van der Waals surface area (Å²) in [5.74, 6) is -0.881. The molecule has 6 nitrogen and oxygen atoms in total. The Morgan fingerprint density at radius 1 is 1.22 bits per heavy atom. The van der Waals surface area contributed by atoms with E-state index in [9.17, 15) is 9.18 Å².